The third-order valence-electron chi connectivity index (χ3n) is 5.29. The van der Waals surface area contributed by atoms with Crippen LogP contribution >= 0.6 is 0 Å². The quantitative estimate of drug-likeness (QED) is 0.492. The molecule has 0 aliphatic heterocycles. The lowest BCUT2D eigenvalue weighted by Crippen LogP contribution is -2.52. The lowest BCUT2D eigenvalue weighted by Gasteiger charge is -2.32. The number of nitrogens with zero attached hydrogens (tertiary/aromatic N) is 3. The standard InChI is InChI=1S/C24H34N4O5S/c1-6-16-25-24(30)19(2)27(17-20-12-14-22(33-5)15-13-20)23(29)18-28(34(31,32)26(3)4)21-10-8-7-9-11-21/h7-15,19H,6,16-18H2,1-5H3,(H,25,30)/t19-/m1/s1. The summed E-state index contributed by atoms with van der Waals surface area (Å²) < 4.78 is 33.4. The van der Waals surface area contributed by atoms with Crippen LogP contribution in [0, 0.1) is 0 Å². The molecule has 0 heterocycles. The monoisotopic (exact) mass is 490 g/mol. The van der Waals surface area contributed by atoms with Crippen LogP contribution in [0.2, 0.25) is 0 Å². The summed E-state index contributed by atoms with van der Waals surface area (Å²) in [7, 11) is 0.420. The van der Waals surface area contributed by atoms with Gasteiger partial charge >= 0.3 is 10.2 Å². The Morgan fingerprint density at radius 2 is 1.65 bits per heavy atom. The van der Waals surface area contributed by atoms with Crippen molar-refractivity contribution < 1.29 is 22.7 Å². The minimum absolute atomic E-state index is 0.133. The van der Waals surface area contributed by atoms with Crippen LogP contribution in [0.4, 0.5) is 5.69 Å². The molecule has 1 N–H and O–H groups in total. The highest BCUT2D eigenvalue weighted by atomic mass is 32.2. The molecule has 0 aromatic heterocycles. The molecule has 186 valence electrons. The van der Waals surface area contributed by atoms with Crippen molar-refractivity contribution in [3.05, 3.63) is 60.2 Å². The summed E-state index contributed by atoms with van der Waals surface area (Å²) in [6.07, 6.45) is 0.758. The molecule has 0 radical (unpaired) electrons. The number of ether oxygens (including phenoxy) is 1. The number of hydrogen-bond acceptors (Lipinski definition) is 5. The molecule has 2 amide bonds. The molecule has 34 heavy (non-hydrogen) atoms. The van der Waals surface area contributed by atoms with Crippen molar-refractivity contribution in [2.24, 2.45) is 0 Å². The second-order valence-corrected chi connectivity index (χ2v) is 10.0. The molecule has 10 heteroatoms. The predicted molar refractivity (Wildman–Crippen MR) is 133 cm³/mol. The summed E-state index contributed by atoms with van der Waals surface area (Å²) in [6.45, 7) is 3.74. The van der Waals surface area contributed by atoms with E-state index < -0.39 is 28.7 Å². The zero-order valence-corrected chi connectivity index (χ0v) is 21.2. The molecule has 0 saturated carbocycles. The lowest BCUT2D eigenvalue weighted by atomic mass is 10.1. The first-order valence-electron chi connectivity index (χ1n) is 11.1. The highest BCUT2D eigenvalue weighted by molar-refractivity contribution is 7.90. The fourth-order valence-corrected chi connectivity index (χ4v) is 4.27. The van der Waals surface area contributed by atoms with Crippen molar-refractivity contribution >= 4 is 27.7 Å². The summed E-state index contributed by atoms with van der Waals surface area (Å²) in [5.41, 5.74) is 1.14. The Hall–Kier alpha value is -3.11. The van der Waals surface area contributed by atoms with E-state index in [-0.39, 0.29) is 12.5 Å². The minimum atomic E-state index is -3.96. The van der Waals surface area contributed by atoms with Gasteiger partial charge in [-0.25, -0.2) is 4.31 Å². The van der Waals surface area contributed by atoms with Crippen LogP contribution in [0.25, 0.3) is 0 Å². The smallest absolute Gasteiger partial charge is 0.304 e. The van der Waals surface area contributed by atoms with Crippen LogP contribution in [0.1, 0.15) is 25.8 Å². The molecule has 1 atom stereocenters. The van der Waals surface area contributed by atoms with Crippen LogP contribution in [-0.4, -0.2) is 69.8 Å². The van der Waals surface area contributed by atoms with Crippen molar-refractivity contribution in [3.63, 3.8) is 0 Å². The number of anilines is 1. The number of para-hydroxylation sites is 1. The van der Waals surface area contributed by atoms with E-state index in [0.717, 1.165) is 20.6 Å². The molecule has 0 aliphatic carbocycles. The molecule has 2 aromatic rings. The lowest BCUT2D eigenvalue weighted by molar-refractivity contribution is -0.139. The second-order valence-electron chi connectivity index (χ2n) is 7.97. The van der Waals surface area contributed by atoms with Gasteiger partial charge in [0.2, 0.25) is 11.8 Å². The Balaban J connectivity index is 2.39. The summed E-state index contributed by atoms with van der Waals surface area (Å²) in [6, 6.07) is 14.8. The summed E-state index contributed by atoms with van der Waals surface area (Å²) in [5.74, 6) is -0.127. The average molecular weight is 491 g/mol. The third kappa shape index (κ3) is 6.94. The third-order valence-corrected chi connectivity index (χ3v) is 7.11. The van der Waals surface area contributed by atoms with E-state index in [4.69, 9.17) is 4.74 Å². The molecule has 0 unspecified atom stereocenters. The molecule has 0 saturated heterocycles. The van der Waals surface area contributed by atoms with E-state index in [1.807, 2.05) is 6.92 Å². The number of carbonyl (C=O) groups is 2. The largest absolute Gasteiger partial charge is 0.497 e. The number of nitrogens with one attached hydrogen (secondary N) is 1. The van der Waals surface area contributed by atoms with Gasteiger partial charge in [0.25, 0.3) is 0 Å². The van der Waals surface area contributed by atoms with E-state index in [1.165, 1.54) is 19.0 Å². The zero-order chi connectivity index (χ0) is 25.3. The van der Waals surface area contributed by atoms with Gasteiger partial charge in [-0.15, -0.1) is 0 Å². The van der Waals surface area contributed by atoms with Crippen LogP contribution < -0.4 is 14.4 Å². The number of benzene rings is 2. The number of rotatable bonds is 12. The Morgan fingerprint density at radius 1 is 1.03 bits per heavy atom. The molecule has 2 aromatic carbocycles. The molecular weight excluding hydrogens is 456 g/mol. The van der Waals surface area contributed by atoms with Gasteiger partial charge in [-0.1, -0.05) is 37.3 Å². The minimum Gasteiger partial charge on any atom is -0.497 e. The average Bonchev–Trinajstić information content (AvgIpc) is 2.84. The van der Waals surface area contributed by atoms with E-state index >= 15 is 0 Å². The number of carbonyl (C=O) groups excluding carboxylic acids is 2. The van der Waals surface area contributed by atoms with Gasteiger partial charge in [0.1, 0.15) is 18.3 Å². The Morgan fingerprint density at radius 3 is 2.18 bits per heavy atom. The van der Waals surface area contributed by atoms with Crippen LogP contribution in [0.5, 0.6) is 5.75 Å². The van der Waals surface area contributed by atoms with E-state index in [2.05, 4.69) is 5.32 Å². The van der Waals surface area contributed by atoms with Crippen molar-refractivity contribution in [2.45, 2.75) is 32.9 Å². The first-order valence-corrected chi connectivity index (χ1v) is 12.5. The van der Waals surface area contributed by atoms with Crippen LogP contribution in [-0.2, 0) is 26.3 Å². The fraction of sp³-hybridized carbons (Fsp3) is 0.417. The molecular formula is C24H34N4O5S. The fourth-order valence-electron chi connectivity index (χ4n) is 3.22. The van der Waals surface area contributed by atoms with Gasteiger partial charge < -0.3 is 15.0 Å². The van der Waals surface area contributed by atoms with Crippen LogP contribution in [0.3, 0.4) is 0 Å². The summed E-state index contributed by atoms with van der Waals surface area (Å²) >= 11 is 0. The molecule has 0 aliphatic rings. The molecule has 9 nitrogen and oxygen atoms in total. The highest BCUT2D eigenvalue weighted by Gasteiger charge is 2.32. The van der Waals surface area contributed by atoms with Crippen molar-refractivity contribution in [2.75, 3.05) is 38.6 Å². The Bertz CT molecular complexity index is 1040. The summed E-state index contributed by atoms with van der Waals surface area (Å²) in [4.78, 5) is 27.7. The second kappa shape index (κ2) is 12.4. The van der Waals surface area contributed by atoms with E-state index in [1.54, 1.807) is 68.6 Å². The Labute approximate surface area is 202 Å². The first kappa shape index (κ1) is 27.1. The van der Waals surface area contributed by atoms with Crippen molar-refractivity contribution in [3.8, 4) is 5.75 Å². The molecule has 0 bridgehead atoms. The van der Waals surface area contributed by atoms with Crippen molar-refractivity contribution in [1.29, 1.82) is 0 Å². The van der Waals surface area contributed by atoms with Gasteiger partial charge in [0.15, 0.2) is 0 Å². The number of hydrogen-bond donors (Lipinski definition) is 1. The zero-order valence-electron chi connectivity index (χ0n) is 20.4. The maximum absolute atomic E-state index is 13.5. The van der Waals surface area contributed by atoms with Gasteiger partial charge in [-0.2, -0.15) is 12.7 Å². The maximum Gasteiger partial charge on any atom is 0.304 e. The normalized spacial score (nSPS) is 12.2. The maximum atomic E-state index is 13.5. The topological polar surface area (TPSA) is 99.3 Å². The van der Waals surface area contributed by atoms with E-state index in [9.17, 15) is 18.0 Å². The van der Waals surface area contributed by atoms with Crippen LogP contribution in [0.15, 0.2) is 54.6 Å². The van der Waals surface area contributed by atoms with Gasteiger partial charge in [0, 0.05) is 27.2 Å². The molecule has 2 rings (SSSR count). The highest BCUT2D eigenvalue weighted by Crippen LogP contribution is 2.21. The molecule has 0 spiro atoms. The summed E-state index contributed by atoms with van der Waals surface area (Å²) in [5, 5.41) is 2.81. The SMILES string of the molecule is CCCNC(=O)[C@@H](C)N(Cc1ccc(OC)cc1)C(=O)CN(c1ccccc1)S(=O)(=O)N(C)C. The van der Waals surface area contributed by atoms with E-state index in [0.29, 0.717) is 18.0 Å². The molecule has 0 fully saturated rings. The predicted octanol–water partition coefficient (Wildman–Crippen LogP) is 2.25. The number of methoxy groups -OCH3 is 1. The first-order chi connectivity index (χ1) is 16.1. The Kier molecular flexibility index (Phi) is 9.88. The van der Waals surface area contributed by atoms with Gasteiger partial charge in [-0.05, 0) is 43.2 Å². The van der Waals surface area contributed by atoms with Gasteiger partial charge in [-0.3, -0.25) is 9.59 Å². The van der Waals surface area contributed by atoms with Crippen molar-refractivity contribution in [1.82, 2.24) is 14.5 Å². The number of amides is 2. The van der Waals surface area contributed by atoms with Gasteiger partial charge in [0.05, 0.1) is 12.8 Å².